The molecule has 0 aromatic rings. The van der Waals surface area contributed by atoms with Crippen molar-refractivity contribution in [3.8, 4) is 0 Å². The maximum Gasteiger partial charge on any atom is 0.228 e. The van der Waals surface area contributed by atoms with Gasteiger partial charge in [-0.1, -0.05) is 0 Å². The summed E-state index contributed by atoms with van der Waals surface area (Å²) in [5.41, 5.74) is -0.0650. The van der Waals surface area contributed by atoms with E-state index in [2.05, 4.69) is 4.72 Å². The Morgan fingerprint density at radius 3 is 2.00 bits per heavy atom. The number of carbonyl (C=O) groups is 1. The zero-order chi connectivity index (χ0) is 16.9. The Balaban J connectivity index is 1.38. The van der Waals surface area contributed by atoms with E-state index in [1.54, 1.807) is 6.92 Å². The Morgan fingerprint density at radius 2 is 1.54 bits per heavy atom. The summed E-state index contributed by atoms with van der Waals surface area (Å²) < 4.78 is 26.2. The third kappa shape index (κ3) is 3.00. The first-order valence-electron chi connectivity index (χ1n) is 9.68. The van der Waals surface area contributed by atoms with Gasteiger partial charge in [0.2, 0.25) is 15.9 Å². The van der Waals surface area contributed by atoms with Crippen molar-refractivity contribution < 1.29 is 13.2 Å². The van der Waals surface area contributed by atoms with E-state index in [1.807, 2.05) is 4.90 Å². The van der Waals surface area contributed by atoms with Crippen molar-refractivity contribution in [2.24, 2.45) is 23.2 Å². The summed E-state index contributed by atoms with van der Waals surface area (Å²) in [7, 11) is -3.15. The third-order valence-corrected chi connectivity index (χ3v) is 8.45. The largest absolute Gasteiger partial charge is 0.342 e. The van der Waals surface area contributed by atoms with Crippen molar-refractivity contribution >= 4 is 15.9 Å². The van der Waals surface area contributed by atoms with Gasteiger partial charge in [-0.2, -0.15) is 0 Å². The summed E-state index contributed by atoms with van der Waals surface area (Å²) in [6.07, 6.45) is 8.89. The Hall–Kier alpha value is -0.620. The summed E-state index contributed by atoms with van der Waals surface area (Å²) >= 11 is 0. The van der Waals surface area contributed by atoms with E-state index in [4.69, 9.17) is 0 Å². The second kappa shape index (κ2) is 5.97. The summed E-state index contributed by atoms with van der Waals surface area (Å²) in [6.45, 7) is 3.07. The number of likely N-dealkylation sites (tertiary alicyclic amines) is 1. The topological polar surface area (TPSA) is 66.5 Å². The van der Waals surface area contributed by atoms with Crippen molar-refractivity contribution in [1.82, 2.24) is 9.62 Å². The van der Waals surface area contributed by atoms with E-state index in [9.17, 15) is 13.2 Å². The van der Waals surface area contributed by atoms with Crippen LogP contribution in [0.1, 0.15) is 58.3 Å². The zero-order valence-electron chi connectivity index (χ0n) is 14.7. The molecule has 5 aliphatic rings. The van der Waals surface area contributed by atoms with Crippen LogP contribution in [0.3, 0.4) is 0 Å². The van der Waals surface area contributed by atoms with Crippen LogP contribution in [0.2, 0.25) is 0 Å². The number of hydrogen-bond acceptors (Lipinski definition) is 3. The van der Waals surface area contributed by atoms with Gasteiger partial charge < -0.3 is 4.90 Å². The van der Waals surface area contributed by atoms with Gasteiger partial charge in [-0.05, 0) is 76.0 Å². The Kier molecular flexibility index (Phi) is 4.19. The molecule has 4 aliphatic carbocycles. The number of nitrogens with one attached hydrogen (secondary N) is 1. The van der Waals surface area contributed by atoms with Gasteiger partial charge in [0, 0.05) is 19.1 Å². The highest BCUT2D eigenvalue weighted by atomic mass is 32.2. The number of piperidine rings is 1. The van der Waals surface area contributed by atoms with Gasteiger partial charge in [-0.25, -0.2) is 13.1 Å². The van der Waals surface area contributed by atoms with Crippen LogP contribution in [0.5, 0.6) is 0 Å². The number of nitrogens with zero attached hydrogens (tertiary/aromatic N) is 1. The maximum absolute atomic E-state index is 13.3. The molecule has 0 aromatic carbocycles. The molecule has 5 rings (SSSR count). The lowest BCUT2D eigenvalue weighted by Crippen LogP contribution is -2.56. The van der Waals surface area contributed by atoms with Crippen molar-refractivity contribution in [1.29, 1.82) is 0 Å². The van der Waals surface area contributed by atoms with Gasteiger partial charge >= 0.3 is 0 Å². The fourth-order valence-corrected chi connectivity index (χ4v) is 7.16. The molecule has 24 heavy (non-hydrogen) atoms. The average molecular weight is 355 g/mol. The highest BCUT2D eigenvalue weighted by Gasteiger charge is 2.55. The first-order valence-corrected chi connectivity index (χ1v) is 11.3. The number of amides is 1. The first kappa shape index (κ1) is 16.8. The molecule has 1 N–H and O–H groups in total. The molecular formula is C18H30N2O3S. The smallest absolute Gasteiger partial charge is 0.228 e. The molecule has 0 aromatic heterocycles. The molecular weight excluding hydrogens is 324 g/mol. The van der Waals surface area contributed by atoms with Crippen LogP contribution in [0.4, 0.5) is 0 Å². The molecule has 6 heteroatoms. The van der Waals surface area contributed by atoms with Crippen LogP contribution in [0.15, 0.2) is 0 Å². The minimum Gasteiger partial charge on any atom is -0.342 e. The standard InChI is InChI=1S/C18H30N2O3S/c1-2-24(22,23)19-16-3-5-20(6-4-16)17(21)18-10-13-7-14(11-18)9-15(8-13)12-18/h13-16,19H,2-12H2,1H3. The number of hydrogen-bond donors (Lipinski definition) is 1. The summed E-state index contributed by atoms with van der Waals surface area (Å²) in [4.78, 5) is 15.3. The lowest BCUT2D eigenvalue weighted by Gasteiger charge is -2.57. The van der Waals surface area contributed by atoms with Crippen molar-refractivity contribution in [3.63, 3.8) is 0 Å². The molecule has 0 atom stereocenters. The van der Waals surface area contributed by atoms with Crippen LogP contribution in [0, 0.1) is 23.2 Å². The van der Waals surface area contributed by atoms with Crippen LogP contribution >= 0.6 is 0 Å². The number of rotatable bonds is 4. The van der Waals surface area contributed by atoms with Gasteiger partial charge in [0.15, 0.2) is 0 Å². The molecule has 0 radical (unpaired) electrons. The van der Waals surface area contributed by atoms with Crippen molar-refractivity contribution in [2.75, 3.05) is 18.8 Å². The molecule has 1 heterocycles. The van der Waals surface area contributed by atoms with Crippen LogP contribution in [-0.2, 0) is 14.8 Å². The second-order valence-electron chi connectivity index (χ2n) is 8.79. The van der Waals surface area contributed by atoms with Crippen LogP contribution < -0.4 is 4.72 Å². The van der Waals surface area contributed by atoms with Gasteiger partial charge in [-0.3, -0.25) is 4.79 Å². The molecule has 5 fully saturated rings. The van der Waals surface area contributed by atoms with Crippen LogP contribution in [0.25, 0.3) is 0 Å². The van der Waals surface area contributed by atoms with E-state index in [0.717, 1.165) is 49.9 Å². The fourth-order valence-electron chi connectivity index (χ4n) is 6.25. The fraction of sp³-hybridized carbons (Fsp3) is 0.944. The summed E-state index contributed by atoms with van der Waals surface area (Å²) in [6, 6.07) is -0.00429. The third-order valence-electron chi connectivity index (χ3n) is 7.00. The van der Waals surface area contributed by atoms with E-state index in [0.29, 0.717) is 19.0 Å². The van der Waals surface area contributed by atoms with Crippen molar-refractivity contribution in [3.05, 3.63) is 0 Å². The highest BCUT2D eigenvalue weighted by molar-refractivity contribution is 7.89. The molecule has 1 saturated heterocycles. The van der Waals surface area contributed by atoms with Gasteiger partial charge in [0.05, 0.1) is 11.2 Å². The molecule has 4 bridgehead atoms. The number of carbonyl (C=O) groups excluding carboxylic acids is 1. The lowest BCUT2D eigenvalue weighted by molar-refractivity contribution is -0.158. The minimum atomic E-state index is -3.15. The highest BCUT2D eigenvalue weighted by Crippen LogP contribution is 2.60. The SMILES string of the molecule is CCS(=O)(=O)NC1CCN(C(=O)C23CC4CC(CC(C4)C2)C3)CC1. The molecule has 0 spiro atoms. The van der Waals surface area contributed by atoms with E-state index < -0.39 is 10.0 Å². The number of sulfonamides is 1. The predicted molar refractivity (Wildman–Crippen MR) is 92.8 cm³/mol. The van der Waals surface area contributed by atoms with Crippen LogP contribution in [-0.4, -0.2) is 44.1 Å². The van der Waals surface area contributed by atoms with Gasteiger partial charge in [0.25, 0.3) is 0 Å². The second-order valence-corrected chi connectivity index (χ2v) is 10.8. The minimum absolute atomic E-state index is 0.00429. The summed E-state index contributed by atoms with van der Waals surface area (Å²) in [5.74, 6) is 2.87. The average Bonchev–Trinajstić information content (AvgIpc) is 2.53. The maximum atomic E-state index is 13.3. The monoisotopic (exact) mass is 354 g/mol. The molecule has 4 saturated carbocycles. The molecule has 1 amide bonds. The van der Waals surface area contributed by atoms with E-state index in [1.165, 1.54) is 19.3 Å². The molecule has 136 valence electrons. The predicted octanol–water partition coefficient (Wildman–Crippen LogP) is 2.13. The molecule has 0 unspecified atom stereocenters. The Labute approximate surface area is 145 Å². The van der Waals surface area contributed by atoms with Crippen molar-refractivity contribution in [2.45, 2.75) is 64.3 Å². The lowest BCUT2D eigenvalue weighted by atomic mass is 9.49. The van der Waals surface area contributed by atoms with E-state index in [-0.39, 0.29) is 17.2 Å². The quantitative estimate of drug-likeness (QED) is 0.841. The molecule has 5 nitrogen and oxygen atoms in total. The normalized spacial score (nSPS) is 39.4. The van der Waals surface area contributed by atoms with Gasteiger partial charge in [0.1, 0.15) is 0 Å². The Bertz CT molecular complexity index is 572. The summed E-state index contributed by atoms with van der Waals surface area (Å²) in [5, 5.41) is 0. The zero-order valence-corrected chi connectivity index (χ0v) is 15.5. The molecule has 1 aliphatic heterocycles. The first-order chi connectivity index (χ1) is 11.4. The van der Waals surface area contributed by atoms with E-state index >= 15 is 0 Å². The van der Waals surface area contributed by atoms with Gasteiger partial charge in [-0.15, -0.1) is 0 Å². The Morgan fingerprint density at radius 1 is 1.04 bits per heavy atom.